The van der Waals surface area contributed by atoms with E-state index in [4.69, 9.17) is 5.41 Å². The smallest absolute Gasteiger partial charge is 0.377 e. The van der Waals surface area contributed by atoms with E-state index in [0.29, 0.717) is 12.1 Å². The topological polar surface area (TPSA) is 35.9 Å². The maximum Gasteiger partial charge on any atom is 1.00 e. The lowest BCUT2D eigenvalue weighted by Crippen LogP contribution is -2.32. The molecule has 1 aliphatic carbocycles. The van der Waals surface area contributed by atoms with Crippen molar-refractivity contribution in [3.63, 3.8) is 0 Å². The summed E-state index contributed by atoms with van der Waals surface area (Å²) in [5.41, 5.74) is 1.88. The van der Waals surface area contributed by atoms with Gasteiger partial charge in [-0.2, -0.15) is 13.2 Å². The number of nitrogens with one attached hydrogen (secondary N) is 2. The number of benzene rings is 2. The van der Waals surface area contributed by atoms with Gasteiger partial charge in [0.15, 0.2) is 0 Å². The molecule has 0 aromatic heterocycles. The van der Waals surface area contributed by atoms with E-state index in [2.05, 4.69) is 5.32 Å². The van der Waals surface area contributed by atoms with Crippen molar-refractivity contribution >= 4 is 11.4 Å². The van der Waals surface area contributed by atoms with Crippen LogP contribution in [0, 0.1) is 17.2 Å². The van der Waals surface area contributed by atoms with Crippen LogP contribution < -0.4 is 5.32 Å². The SMILES string of the molecule is CC1CC(Cc2ccc(C(F)(F)F)cc2)C(Nc2ccccc2)C1=N.[H+]. The molecule has 3 rings (SSSR count). The van der Waals surface area contributed by atoms with Gasteiger partial charge in [0.25, 0.3) is 0 Å². The minimum absolute atomic E-state index is 0. The normalized spacial score (nSPS) is 23.7. The van der Waals surface area contributed by atoms with Crippen molar-refractivity contribution in [2.45, 2.75) is 32.0 Å². The van der Waals surface area contributed by atoms with Crippen molar-refractivity contribution in [2.24, 2.45) is 11.8 Å². The van der Waals surface area contributed by atoms with Crippen LogP contribution in [0.3, 0.4) is 0 Å². The minimum atomic E-state index is -4.31. The quantitative estimate of drug-likeness (QED) is 0.751. The molecular formula is C20H22F3N2+. The van der Waals surface area contributed by atoms with Crippen LogP contribution in [0.4, 0.5) is 18.9 Å². The Labute approximate surface area is 147 Å². The van der Waals surface area contributed by atoms with E-state index in [-0.39, 0.29) is 19.3 Å². The molecule has 3 atom stereocenters. The fourth-order valence-electron chi connectivity index (χ4n) is 3.52. The highest BCUT2D eigenvalue weighted by molar-refractivity contribution is 5.93. The Morgan fingerprint density at radius 1 is 1.08 bits per heavy atom. The van der Waals surface area contributed by atoms with Gasteiger partial charge in [0.1, 0.15) is 0 Å². The number of para-hydroxylation sites is 1. The lowest BCUT2D eigenvalue weighted by molar-refractivity contribution is -0.137. The third kappa shape index (κ3) is 4.03. The number of hydrogen-bond acceptors (Lipinski definition) is 2. The van der Waals surface area contributed by atoms with Gasteiger partial charge in [0.05, 0.1) is 11.6 Å². The molecular weight excluding hydrogens is 325 g/mol. The maximum atomic E-state index is 12.7. The van der Waals surface area contributed by atoms with Crippen molar-refractivity contribution in [3.8, 4) is 0 Å². The molecule has 1 aliphatic rings. The Balaban J connectivity index is 0.00000243. The first-order chi connectivity index (χ1) is 11.8. The highest BCUT2D eigenvalue weighted by Crippen LogP contribution is 2.34. The Bertz CT molecular complexity index is 729. The number of hydrogen-bond donors (Lipinski definition) is 2. The first-order valence-electron chi connectivity index (χ1n) is 8.40. The Hall–Kier alpha value is -2.30. The van der Waals surface area contributed by atoms with E-state index in [9.17, 15) is 13.2 Å². The van der Waals surface area contributed by atoms with Crippen molar-refractivity contribution < 1.29 is 14.6 Å². The number of rotatable bonds is 4. The van der Waals surface area contributed by atoms with Crippen LogP contribution in [0.5, 0.6) is 0 Å². The van der Waals surface area contributed by atoms with Gasteiger partial charge in [0.2, 0.25) is 0 Å². The minimum Gasteiger partial charge on any atom is -0.377 e. The summed E-state index contributed by atoms with van der Waals surface area (Å²) in [6, 6.07) is 15.0. The lowest BCUT2D eigenvalue weighted by Gasteiger charge is -2.22. The Morgan fingerprint density at radius 3 is 2.32 bits per heavy atom. The second-order valence-electron chi connectivity index (χ2n) is 6.74. The van der Waals surface area contributed by atoms with E-state index in [0.717, 1.165) is 29.8 Å². The van der Waals surface area contributed by atoms with E-state index in [1.165, 1.54) is 0 Å². The standard InChI is InChI=1S/C20H21F3N2/c1-13-11-15(12-14-7-9-16(10-8-14)20(21,22)23)19(18(13)24)25-17-5-3-2-4-6-17/h2-10,13,15,19,24-25H,11-12H2,1H3/p+1. The Morgan fingerprint density at radius 2 is 1.72 bits per heavy atom. The molecule has 5 heteroatoms. The summed E-state index contributed by atoms with van der Waals surface area (Å²) in [7, 11) is 0. The zero-order valence-electron chi connectivity index (χ0n) is 15.0. The average Bonchev–Trinajstić information content (AvgIpc) is 2.83. The lowest BCUT2D eigenvalue weighted by atomic mass is 9.93. The van der Waals surface area contributed by atoms with Crippen molar-refractivity contribution in [2.75, 3.05) is 5.32 Å². The van der Waals surface area contributed by atoms with E-state index in [1.807, 2.05) is 37.3 Å². The van der Waals surface area contributed by atoms with Crippen LogP contribution in [-0.2, 0) is 12.6 Å². The molecule has 2 aromatic rings. The second-order valence-corrected chi connectivity index (χ2v) is 6.74. The van der Waals surface area contributed by atoms with Gasteiger partial charge in [-0.25, -0.2) is 0 Å². The summed E-state index contributed by atoms with van der Waals surface area (Å²) in [5, 5.41) is 11.8. The van der Waals surface area contributed by atoms with Crippen molar-refractivity contribution in [1.82, 2.24) is 0 Å². The largest absolute Gasteiger partial charge is 1.00 e. The van der Waals surface area contributed by atoms with Crippen LogP contribution in [0.1, 0.15) is 25.9 Å². The fourth-order valence-corrected chi connectivity index (χ4v) is 3.52. The molecule has 0 saturated heterocycles. The molecule has 0 radical (unpaired) electrons. The summed E-state index contributed by atoms with van der Waals surface area (Å²) >= 11 is 0. The van der Waals surface area contributed by atoms with Crippen molar-refractivity contribution in [1.29, 1.82) is 5.41 Å². The molecule has 0 amide bonds. The van der Waals surface area contributed by atoms with Crippen LogP contribution in [0.25, 0.3) is 0 Å². The van der Waals surface area contributed by atoms with Gasteiger partial charge in [-0.1, -0.05) is 37.3 Å². The molecule has 132 valence electrons. The highest BCUT2D eigenvalue weighted by Gasteiger charge is 2.37. The van der Waals surface area contributed by atoms with Gasteiger partial charge in [-0.3, -0.25) is 0 Å². The van der Waals surface area contributed by atoms with Gasteiger partial charge >= 0.3 is 7.60 Å². The fraction of sp³-hybridized carbons (Fsp3) is 0.350. The predicted octanol–water partition coefficient (Wildman–Crippen LogP) is 5.52. The van der Waals surface area contributed by atoms with Crippen LogP contribution >= 0.6 is 0 Å². The molecule has 25 heavy (non-hydrogen) atoms. The van der Waals surface area contributed by atoms with Crippen LogP contribution in [-0.4, -0.2) is 11.8 Å². The number of halogens is 3. The van der Waals surface area contributed by atoms with E-state index in [1.54, 1.807) is 12.1 Å². The molecule has 0 heterocycles. The summed E-state index contributed by atoms with van der Waals surface area (Å²) in [5.74, 6) is 0.375. The summed E-state index contributed by atoms with van der Waals surface area (Å²) in [4.78, 5) is 0. The average molecular weight is 347 g/mol. The molecule has 2 aromatic carbocycles. The molecule has 1 fully saturated rings. The maximum absolute atomic E-state index is 12.7. The van der Waals surface area contributed by atoms with Gasteiger partial charge in [-0.15, -0.1) is 0 Å². The van der Waals surface area contributed by atoms with E-state index < -0.39 is 11.7 Å². The number of anilines is 1. The molecule has 2 nitrogen and oxygen atoms in total. The summed E-state index contributed by atoms with van der Waals surface area (Å²) < 4.78 is 38.1. The third-order valence-corrected chi connectivity index (χ3v) is 4.87. The van der Waals surface area contributed by atoms with Crippen LogP contribution in [0.2, 0.25) is 0 Å². The molecule has 3 unspecified atom stereocenters. The monoisotopic (exact) mass is 347 g/mol. The molecule has 0 aliphatic heterocycles. The first-order valence-corrected chi connectivity index (χ1v) is 8.40. The Kier molecular flexibility index (Phi) is 4.84. The van der Waals surface area contributed by atoms with Crippen molar-refractivity contribution in [3.05, 3.63) is 65.7 Å². The van der Waals surface area contributed by atoms with Gasteiger partial charge < -0.3 is 10.7 Å². The predicted molar refractivity (Wildman–Crippen MR) is 95.1 cm³/mol. The third-order valence-electron chi connectivity index (χ3n) is 4.87. The zero-order chi connectivity index (χ0) is 18.0. The zero-order valence-corrected chi connectivity index (χ0v) is 14.0. The van der Waals surface area contributed by atoms with Crippen LogP contribution in [0.15, 0.2) is 54.6 Å². The van der Waals surface area contributed by atoms with Gasteiger partial charge in [-0.05, 0) is 54.5 Å². The molecule has 1 saturated carbocycles. The highest BCUT2D eigenvalue weighted by atomic mass is 19.4. The molecule has 0 spiro atoms. The van der Waals surface area contributed by atoms with Gasteiger partial charge in [0, 0.05) is 11.4 Å². The number of alkyl halides is 3. The summed E-state index contributed by atoms with van der Waals surface area (Å²) in [6.07, 6.45) is -2.78. The first kappa shape index (κ1) is 17.5. The molecule has 2 N–H and O–H groups in total. The summed E-state index contributed by atoms with van der Waals surface area (Å²) in [6.45, 7) is 2.04. The van der Waals surface area contributed by atoms with E-state index >= 15 is 0 Å². The molecule has 0 bridgehead atoms. The second kappa shape index (κ2) is 6.90.